The van der Waals surface area contributed by atoms with E-state index in [2.05, 4.69) is 6.42 Å². The SMILES string of the molecule is [CH+]1CCC[SiH2]C1. The van der Waals surface area contributed by atoms with Gasteiger partial charge in [0.2, 0.25) is 0 Å². The molecule has 0 atom stereocenters. The molecule has 0 N–H and O–H groups in total. The molecular weight excluding hydrogens is 88.1 g/mol. The van der Waals surface area contributed by atoms with Crippen LogP contribution >= 0.6 is 0 Å². The normalized spacial score (nSPS) is 26.7. The topological polar surface area (TPSA) is 0 Å². The van der Waals surface area contributed by atoms with Gasteiger partial charge in [-0.25, -0.2) is 0 Å². The van der Waals surface area contributed by atoms with E-state index in [4.69, 9.17) is 0 Å². The van der Waals surface area contributed by atoms with Gasteiger partial charge in [0.25, 0.3) is 0 Å². The fourth-order valence-electron chi connectivity index (χ4n) is 0.898. The van der Waals surface area contributed by atoms with Crippen molar-refractivity contribution in [1.29, 1.82) is 0 Å². The fourth-order valence-corrected chi connectivity index (χ4v) is 2.41. The first-order chi connectivity index (χ1) is 3.00. The van der Waals surface area contributed by atoms with Gasteiger partial charge in [-0.1, -0.05) is 6.04 Å². The molecule has 0 bridgehead atoms. The molecule has 1 aliphatic heterocycles. The van der Waals surface area contributed by atoms with Crippen LogP contribution in [0.3, 0.4) is 0 Å². The van der Waals surface area contributed by atoms with Gasteiger partial charge < -0.3 is 0 Å². The quantitative estimate of drug-likeness (QED) is 0.314. The van der Waals surface area contributed by atoms with Crippen molar-refractivity contribution in [3.05, 3.63) is 6.42 Å². The minimum Gasteiger partial charge on any atom is -0.0548 e. The molecule has 34 valence electrons. The molecule has 1 heteroatoms. The first-order valence-electron chi connectivity index (χ1n) is 2.82. The molecule has 0 amide bonds. The highest BCUT2D eigenvalue weighted by Crippen LogP contribution is 2.09. The summed E-state index contributed by atoms with van der Waals surface area (Å²) in [6.07, 6.45) is 5.37. The lowest BCUT2D eigenvalue weighted by Crippen LogP contribution is -1.95. The standard InChI is InChI=1S/C5H11Si/c1-2-4-6-5-3-1/h2H,1,3-6H2/q+1. The Bertz CT molecular complexity index is 19.4. The van der Waals surface area contributed by atoms with Crippen molar-refractivity contribution in [3.63, 3.8) is 0 Å². The second-order valence-electron chi connectivity index (χ2n) is 1.93. The van der Waals surface area contributed by atoms with Crippen molar-refractivity contribution >= 4 is 9.52 Å². The van der Waals surface area contributed by atoms with Gasteiger partial charge in [0.1, 0.15) is 0 Å². The molecule has 1 heterocycles. The van der Waals surface area contributed by atoms with Crippen molar-refractivity contribution < 1.29 is 0 Å². The van der Waals surface area contributed by atoms with Crippen LogP contribution in [0, 0.1) is 6.42 Å². The van der Waals surface area contributed by atoms with E-state index in [0.717, 1.165) is 0 Å². The van der Waals surface area contributed by atoms with Crippen molar-refractivity contribution in [2.75, 3.05) is 0 Å². The average molecular weight is 99.2 g/mol. The summed E-state index contributed by atoms with van der Waals surface area (Å²) in [4.78, 5) is 0. The highest BCUT2D eigenvalue weighted by atomic mass is 28.2. The Morgan fingerprint density at radius 2 is 2.50 bits per heavy atom. The fraction of sp³-hybridized carbons (Fsp3) is 0.800. The van der Waals surface area contributed by atoms with Crippen LogP contribution in [0.15, 0.2) is 0 Å². The molecule has 6 heavy (non-hydrogen) atoms. The highest BCUT2D eigenvalue weighted by Gasteiger charge is 2.04. The van der Waals surface area contributed by atoms with E-state index < -0.39 is 0 Å². The van der Waals surface area contributed by atoms with Gasteiger partial charge in [0, 0.05) is 0 Å². The first kappa shape index (κ1) is 4.25. The van der Waals surface area contributed by atoms with Crippen LogP contribution in [0.2, 0.25) is 12.1 Å². The molecule has 1 fully saturated rings. The highest BCUT2D eigenvalue weighted by molar-refractivity contribution is 6.36. The molecule has 0 aromatic rings. The van der Waals surface area contributed by atoms with Crippen molar-refractivity contribution in [2.45, 2.75) is 24.9 Å². The van der Waals surface area contributed by atoms with Gasteiger partial charge in [-0.05, 0) is 6.42 Å². The molecule has 0 radical (unpaired) electrons. The Labute approximate surface area is 41.8 Å². The molecule has 0 saturated carbocycles. The van der Waals surface area contributed by atoms with Crippen LogP contribution in [-0.2, 0) is 0 Å². The summed E-state index contributed by atoms with van der Waals surface area (Å²) in [5.41, 5.74) is 0. The van der Waals surface area contributed by atoms with Crippen LogP contribution < -0.4 is 0 Å². The van der Waals surface area contributed by atoms with Crippen LogP contribution in [0.5, 0.6) is 0 Å². The Kier molecular flexibility index (Phi) is 1.62. The molecule has 0 aromatic carbocycles. The lowest BCUT2D eigenvalue weighted by molar-refractivity contribution is 0.861. The molecule has 0 aromatic heterocycles. The minimum atomic E-state index is 0.453. The molecule has 0 aliphatic carbocycles. The second kappa shape index (κ2) is 2.29. The van der Waals surface area contributed by atoms with E-state index in [-0.39, 0.29) is 0 Å². The zero-order chi connectivity index (χ0) is 4.24. The van der Waals surface area contributed by atoms with E-state index in [0.29, 0.717) is 9.52 Å². The Morgan fingerprint density at radius 3 is 2.67 bits per heavy atom. The van der Waals surface area contributed by atoms with E-state index in [9.17, 15) is 0 Å². The van der Waals surface area contributed by atoms with Crippen LogP contribution in [0.25, 0.3) is 0 Å². The Morgan fingerprint density at radius 1 is 1.50 bits per heavy atom. The third-order valence-electron chi connectivity index (χ3n) is 1.32. The molecule has 0 nitrogen and oxygen atoms in total. The van der Waals surface area contributed by atoms with Crippen molar-refractivity contribution in [1.82, 2.24) is 0 Å². The summed E-state index contributed by atoms with van der Waals surface area (Å²) in [6.45, 7) is 0. The summed E-state index contributed by atoms with van der Waals surface area (Å²) in [5, 5.41) is 0. The molecular formula is C5H11Si+. The summed E-state index contributed by atoms with van der Waals surface area (Å²) < 4.78 is 0. The van der Waals surface area contributed by atoms with Gasteiger partial charge in [-0.2, -0.15) is 0 Å². The summed E-state index contributed by atoms with van der Waals surface area (Å²) in [7, 11) is 0.453. The predicted octanol–water partition coefficient (Wildman–Crippen LogP) is 0.990. The largest absolute Gasteiger partial charge is 0.0868 e. The predicted molar refractivity (Wildman–Crippen MR) is 31.7 cm³/mol. The maximum absolute atomic E-state index is 2.45. The number of hydrogen-bond donors (Lipinski definition) is 0. The second-order valence-corrected chi connectivity index (χ2v) is 3.92. The Balaban J connectivity index is 2.00. The van der Waals surface area contributed by atoms with Gasteiger partial charge in [-0.15, -0.1) is 0 Å². The molecule has 0 unspecified atom stereocenters. The third-order valence-corrected chi connectivity index (χ3v) is 3.13. The van der Waals surface area contributed by atoms with E-state index in [1.807, 2.05) is 0 Å². The first-order valence-corrected chi connectivity index (χ1v) is 4.82. The summed E-state index contributed by atoms with van der Waals surface area (Å²) >= 11 is 0. The Hall–Kier alpha value is 0.0869. The average Bonchev–Trinajstić information content (AvgIpc) is 1.72. The van der Waals surface area contributed by atoms with Crippen molar-refractivity contribution in [3.8, 4) is 0 Å². The van der Waals surface area contributed by atoms with Crippen LogP contribution in [-0.4, -0.2) is 9.52 Å². The lowest BCUT2D eigenvalue weighted by atomic mass is 10.3. The zero-order valence-corrected chi connectivity index (χ0v) is 5.53. The van der Waals surface area contributed by atoms with E-state index in [1.165, 1.54) is 18.9 Å². The van der Waals surface area contributed by atoms with Gasteiger partial charge in [0.15, 0.2) is 0 Å². The molecule has 1 rings (SSSR count). The summed E-state index contributed by atoms with van der Waals surface area (Å²) in [6, 6.07) is 3.12. The van der Waals surface area contributed by atoms with Gasteiger partial charge in [0.05, 0.1) is 28.4 Å². The smallest absolute Gasteiger partial charge is 0.0548 e. The van der Waals surface area contributed by atoms with Gasteiger partial charge in [-0.3, -0.25) is 0 Å². The van der Waals surface area contributed by atoms with Gasteiger partial charge >= 0.3 is 0 Å². The van der Waals surface area contributed by atoms with Crippen LogP contribution in [0.1, 0.15) is 12.8 Å². The van der Waals surface area contributed by atoms with E-state index in [1.54, 1.807) is 6.04 Å². The minimum absolute atomic E-state index is 0.453. The lowest BCUT2D eigenvalue weighted by Gasteiger charge is -1.96. The monoisotopic (exact) mass is 99.1 g/mol. The maximum Gasteiger partial charge on any atom is 0.0868 e. The molecule has 0 spiro atoms. The van der Waals surface area contributed by atoms with E-state index >= 15 is 0 Å². The number of rotatable bonds is 0. The van der Waals surface area contributed by atoms with Crippen LogP contribution in [0.4, 0.5) is 0 Å². The summed E-state index contributed by atoms with van der Waals surface area (Å²) in [5.74, 6) is 0. The number of hydrogen-bond acceptors (Lipinski definition) is 0. The molecule has 1 saturated heterocycles. The maximum atomic E-state index is 2.45. The molecule has 1 aliphatic rings. The third kappa shape index (κ3) is 1.05. The zero-order valence-electron chi connectivity index (χ0n) is 4.11. The van der Waals surface area contributed by atoms with Crippen molar-refractivity contribution in [2.24, 2.45) is 0 Å².